The minimum absolute atomic E-state index is 0.868. The fourth-order valence-corrected chi connectivity index (χ4v) is 3.85. The SMILES string of the molecule is c1cc(CN2CCOCC2)ccc1CN1CCCNCCNCCCNCC1. The van der Waals surface area contributed by atoms with Gasteiger partial charge in [0.15, 0.2) is 0 Å². The molecular formula is C22H39N5O. The fourth-order valence-electron chi connectivity index (χ4n) is 3.85. The first-order valence-corrected chi connectivity index (χ1v) is 11.1. The van der Waals surface area contributed by atoms with Crippen LogP contribution in [0, 0.1) is 0 Å². The molecule has 28 heavy (non-hydrogen) atoms. The Labute approximate surface area is 171 Å². The van der Waals surface area contributed by atoms with Crippen LogP contribution in [0.25, 0.3) is 0 Å². The second-order valence-electron chi connectivity index (χ2n) is 7.94. The molecule has 0 bridgehead atoms. The quantitative estimate of drug-likeness (QED) is 0.711. The third kappa shape index (κ3) is 8.55. The maximum absolute atomic E-state index is 5.44. The Balaban J connectivity index is 1.46. The maximum Gasteiger partial charge on any atom is 0.0594 e. The Morgan fingerprint density at radius 3 is 1.79 bits per heavy atom. The van der Waals surface area contributed by atoms with Crippen molar-refractivity contribution in [3.05, 3.63) is 35.4 Å². The van der Waals surface area contributed by atoms with E-state index in [4.69, 9.17) is 4.74 Å². The van der Waals surface area contributed by atoms with Crippen molar-refractivity contribution < 1.29 is 4.74 Å². The van der Waals surface area contributed by atoms with Crippen molar-refractivity contribution in [3.8, 4) is 0 Å². The summed E-state index contributed by atoms with van der Waals surface area (Å²) in [7, 11) is 0. The van der Waals surface area contributed by atoms with Crippen LogP contribution in [0.4, 0.5) is 0 Å². The van der Waals surface area contributed by atoms with E-state index in [1.165, 1.54) is 24.0 Å². The number of hydrogen-bond donors (Lipinski definition) is 3. The molecule has 0 unspecified atom stereocenters. The van der Waals surface area contributed by atoms with Gasteiger partial charge < -0.3 is 20.7 Å². The molecule has 2 saturated heterocycles. The van der Waals surface area contributed by atoms with Crippen LogP contribution in [-0.2, 0) is 17.8 Å². The second-order valence-corrected chi connectivity index (χ2v) is 7.94. The topological polar surface area (TPSA) is 51.8 Å². The van der Waals surface area contributed by atoms with Crippen LogP contribution in [0.15, 0.2) is 24.3 Å². The molecule has 6 nitrogen and oxygen atoms in total. The lowest BCUT2D eigenvalue weighted by molar-refractivity contribution is 0.0342. The summed E-state index contributed by atoms with van der Waals surface area (Å²) in [6, 6.07) is 9.25. The molecule has 0 aliphatic carbocycles. The number of rotatable bonds is 4. The highest BCUT2D eigenvalue weighted by Crippen LogP contribution is 2.11. The zero-order valence-corrected chi connectivity index (χ0v) is 17.4. The lowest BCUT2D eigenvalue weighted by atomic mass is 10.1. The van der Waals surface area contributed by atoms with E-state index < -0.39 is 0 Å². The molecule has 2 aliphatic heterocycles. The van der Waals surface area contributed by atoms with Crippen LogP contribution in [-0.4, -0.2) is 88.5 Å². The van der Waals surface area contributed by atoms with Gasteiger partial charge in [-0.2, -0.15) is 0 Å². The van der Waals surface area contributed by atoms with E-state index in [0.29, 0.717) is 0 Å². The lowest BCUT2D eigenvalue weighted by Crippen LogP contribution is -2.36. The Kier molecular flexibility index (Phi) is 10.3. The molecule has 0 atom stereocenters. The molecule has 158 valence electrons. The summed E-state index contributed by atoms with van der Waals surface area (Å²) < 4.78 is 5.44. The van der Waals surface area contributed by atoms with Crippen molar-refractivity contribution in [2.45, 2.75) is 25.9 Å². The smallest absolute Gasteiger partial charge is 0.0594 e. The third-order valence-corrected chi connectivity index (χ3v) is 5.56. The molecule has 1 aromatic rings. The van der Waals surface area contributed by atoms with Crippen molar-refractivity contribution in [1.29, 1.82) is 0 Å². The molecule has 6 heteroatoms. The van der Waals surface area contributed by atoms with E-state index in [0.717, 1.165) is 91.8 Å². The van der Waals surface area contributed by atoms with Crippen molar-refractivity contribution in [2.24, 2.45) is 0 Å². The first-order valence-electron chi connectivity index (χ1n) is 11.1. The Hall–Kier alpha value is -1.02. The van der Waals surface area contributed by atoms with Gasteiger partial charge in [-0.3, -0.25) is 9.80 Å². The molecule has 0 amide bonds. The average molecular weight is 390 g/mol. The predicted molar refractivity (Wildman–Crippen MR) is 116 cm³/mol. The lowest BCUT2D eigenvalue weighted by Gasteiger charge is -2.27. The van der Waals surface area contributed by atoms with Gasteiger partial charge in [0, 0.05) is 52.4 Å². The van der Waals surface area contributed by atoms with E-state index in [-0.39, 0.29) is 0 Å². The van der Waals surface area contributed by atoms with Crippen LogP contribution in [0.2, 0.25) is 0 Å². The van der Waals surface area contributed by atoms with E-state index in [1.54, 1.807) is 0 Å². The summed E-state index contributed by atoms with van der Waals surface area (Å²) in [4.78, 5) is 5.07. The van der Waals surface area contributed by atoms with Gasteiger partial charge in [0.25, 0.3) is 0 Å². The van der Waals surface area contributed by atoms with Crippen LogP contribution >= 0.6 is 0 Å². The standard InChI is InChI=1S/C22H39N5O/c1-7-23-10-11-24-9-2-13-26(14-12-25-8-1)19-21-3-5-22(6-4-21)20-27-15-17-28-18-16-27/h3-6,23-25H,1-2,7-20H2. The Morgan fingerprint density at radius 1 is 0.607 bits per heavy atom. The summed E-state index contributed by atoms with van der Waals surface area (Å²) in [5.41, 5.74) is 2.83. The Morgan fingerprint density at radius 2 is 1.14 bits per heavy atom. The second kappa shape index (κ2) is 13.2. The predicted octanol–water partition coefficient (Wildman–Crippen LogP) is 0.883. The molecule has 2 heterocycles. The zero-order valence-electron chi connectivity index (χ0n) is 17.4. The third-order valence-electron chi connectivity index (χ3n) is 5.56. The molecule has 3 N–H and O–H groups in total. The fraction of sp³-hybridized carbons (Fsp3) is 0.727. The summed E-state index contributed by atoms with van der Waals surface area (Å²) in [5.74, 6) is 0. The molecule has 3 rings (SSSR count). The van der Waals surface area contributed by atoms with Crippen molar-refractivity contribution in [3.63, 3.8) is 0 Å². The number of nitrogens with one attached hydrogen (secondary N) is 3. The monoisotopic (exact) mass is 389 g/mol. The average Bonchev–Trinajstić information content (AvgIpc) is 2.73. The van der Waals surface area contributed by atoms with Crippen LogP contribution in [0.1, 0.15) is 24.0 Å². The molecule has 2 aliphatic rings. The van der Waals surface area contributed by atoms with Crippen molar-refractivity contribution in [1.82, 2.24) is 25.8 Å². The van der Waals surface area contributed by atoms with Crippen LogP contribution in [0.5, 0.6) is 0 Å². The molecule has 0 saturated carbocycles. The number of ether oxygens (including phenoxy) is 1. The zero-order chi connectivity index (χ0) is 19.3. The van der Waals surface area contributed by atoms with Crippen LogP contribution in [0.3, 0.4) is 0 Å². The van der Waals surface area contributed by atoms with E-state index in [9.17, 15) is 0 Å². The number of benzene rings is 1. The maximum atomic E-state index is 5.44. The number of hydrogen-bond acceptors (Lipinski definition) is 6. The Bertz CT molecular complexity index is 504. The van der Waals surface area contributed by atoms with Gasteiger partial charge in [0.2, 0.25) is 0 Å². The van der Waals surface area contributed by atoms with Gasteiger partial charge in [-0.1, -0.05) is 24.3 Å². The normalized spacial score (nSPS) is 22.6. The first-order chi connectivity index (χ1) is 13.9. The molecule has 0 radical (unpaired) electrons. The van der Waals surface area contributed by atoms with E-state index >= 15 is 0 Å². The minimum atomic E-state index is 0.868. The first kappa shape index (κ1) is 21.7. The van der Waals surface area contributed by atoms with Gasteiger partial charge >= 0.3 is 0 Å². The summed E-state index contributed by atoms with van der Waals surface area (Å²) in [5, 5.41) is 10.6. The molecular weight excluding hydrogens is 350 g/mol. The van der Waals surface area contributed by atoms with Crippen molar-refractivity contribution >= 4 is 0 Å². The number of morpholine rings is 1. The van der Waals surface area contributed by atoms with E-state index in [1.807, 2.05) is 0 Å². The largest absolute Gasteiger partial charge is 0.379 e. The number of nitrogens with zero attached hydrogens (tertiary/aromatic N) is 2. The summed E-state index contributed by atoms with van der Waals surface area (Å²) >= 11 is 0. The van der Waals surface area contributed by atoms with Gasteiger partial charge in [0.05, 0.1) is 13.2 Å². The van der Waals surface area contributed by atoms with Gasteiger partial charge in [-0.15, -0.1) is 0 Å². The van der Waals surface area contributed by atoms with Crippen LogP contribution < -0.4 is 16.0 Å². The molecule has 1 aromatic carbocycles. The summed E-state index contributed by atoms with van der Waals surface area (Å²) in [6.07, 6.45) is 2.40. The highest BCUT2D eigenvalue weighted by atomic mass is 16.5. The van der Waals surface area contributed by atoms with Gasteiger partial charge in [-0.05, 0) is 50.1 Å². The summed E-state index contributed by atoms with van der Waals surface area (Å²) in [6.45, 7) is 14.7. The highest BCUT2D eigenvalue weighted by Gasteiger charge is 2.11. The molecule has 0 aromatic heterocycles. The highest BCUT2D eigenvalue weighted by molar-refractivity contribution is 5.22. The molecule has 0 spiro atoms. The van der Waals surface area contributed by atoms with E-state index in [2.05, 4.69) is 50.0 Å². The molecule has 2 fully saturated rings. The van der Waals surface area contributed by atoms with Gasteiger partial charge in [0.1, 0.15) is 0 Å². The van der Waals surface area contributed by atoms with Gasteiger partial charge in [-0.25, -0.2) is 0 Å². The minimum Gasteiger partial charge on any atom is -0.379 e. The van der Waals surface area contributed by atoms with Crippen molar-refractivity contribution in [2.75, 3.05) is 78.7 Å².